The Labute approximate surface area is 101 Å². The number of aromatic nitrogens is 1. The topological polar surface area (TPSA) is 52.0 Å². The summed E-state index contributed by atoms with van der Waals surface area (Å²) in [6.45, 7) is 0. The van der Waals surface area contributed by atoms with Gasteiger partial charge in [0.1, 0.15) is 5.52 Å². The van der Waals surface area contributed by atoms with Gasteiger partial charge < -0.3 is 10.2 Å². The molecule has 0 amide bonds. The molecule has 0 aliphatic heterocycles. The summed E-state index contributed by atoms with van der Waals surface area (Å²) in [6.07, 6.45) is 0. The molecule has 0 radical (unpaired) electrons. The number of nitrogens with zero attached hydrogens (tertiary/aromatic N) is 1. The molecule has 1 aromatic heterocycles. The van der Waals surface area contributed by atoms with Crippen molar-refractivity contribution in [1.29, 1.82) is 0 Å². The Morgan fingerprint density at radius 1 is 1.11 bits per heavy atom. The van der Waals surface area contributed by atoms with Crippen LogP contribution in [0.1, 0.15) is 0 Å². The van der Waals surface area contributed by atoms with Crippen LogP contribution in [0, 0.1) is 11.6 Å². The number of nitrogens with two attached hydrogens (primary N) is 1. The number of hydrogen-bond acceptors (Lipinski definition) is 3. The molecule has 0 saturated carbocycles. The van der Waals surface area contributed by atoms with Crippen LogP contribution in [0.25, 0.3) is 22.6 Å². The third-order valence-electron chi connectivity index (χ3n) is 2.59. The molecule has 0 bridgehead atoms. The van der Waals surface area contributed by atoms with Crippen LogP contribution in [-0.2, 0) is 0 Å². The number of rotatable bonds is 1. The van der Waals surface area contributed by atoms with Crippen LogP contribution in [0.3, 0.4) is 0 Å². The molecule has 5 heteroatoms. The molecule has 3 aromatic rings. The SMILES string of the molecule is Nc1ccc2nc(-c3cccc(F)c3F)oc2c1. The van der Waals surface area contributed by atoms with E-state index >= 15 is 0 Å². The number of hydrogen-bond donors (Lipinski definition) is 1. The van der Waals surface area contributed by atoms with Crippen LogP contribution in [0.15, 0.2) is 40.8 Å². The lowest BCUT2D eigenvalue weighted by Gasteiger charge is -1.97. The zero-order valence-electron chi connectivity index (χ0n) is 9.15. The van der Waals surface area contributed by atoms with Gasteiger partial charge in [-0.2, -0.15) is 0 Å². The van der Waals surface area contributed by atoms with E-state index in [0.717, 1.165) is 6.07 Å². The number of fused-ring (bicyclic) bond motifs is 1. The minimum atomic E-state index is -0.975. The summed E-state index contributed by atoms with van der Waals surface area (Å²) in [5.74, 6) is -1.88. The molecule has 0 atom stereocenters. The van der Waals surface area contributed by atoms with E-state index in [1.807, 2.05) is 0 Å². The summed E-state index contributed by atoms with van der Waals surface area (Å²) in [4.78, 5) is 4.10. The summed E-state index contributed by atoms with van der Waals surface area (Å²) >= 11 is 0. The fraction of sp³-hybridized carbons (Fsp3) is 0. The fourth-order valence-corrected chi connectivity index (χ4v) is 1.73. The van der Waals surface area contributed by atoms with Crippen molar-refractivity contribution in [1.82, 2.24) is 4.98 Å². The minimum absolute atomic E-state index is 0.00947. The Balaban J connectivity index is 2.22. The maximum absolute atomic E-state index is 13.6. The predicted molar refractivity (Wildman–Crippen MR) is 63.8 cm³/mol. The third-order valence-corrected chi connectivity index (χ3v) is 2.59. The standard InChI is InChI=1S/C13H8F2N2O/c14-9-3-1-2-8(12(9)15)13-17-10-5-4-7(16)6-11(10)18-13/h1-6H,16H2. The van der Waals surface area contributed by atoms with Crippen LogP contribution in [0.4, 0.5) is 14.5 Å². The van der Waals surface area contributed by atoms with E-state index in [2.05, 4.69) is 4.98 Å². The highest BCUT2D eigenvalue weighted by Crippen LogP contribution is 2.28. The van der Waals surface area contributed by atoms with Crippen LogP contribution < -0.4 is 5.73 Å². The Hall–Kier alpha value is -2.43. The molecular formula is C13H8F2N2O. The van der Waals surface area contributed by atoms with E-state index in [4.69, 9.17) is 10.2 Å². The number of halogens is 2. The molecule has 1 heterocycles. The highest BCUT2D eigenvalue weighted by Gasteiger charge is 2.15. The number of anilines is 1. The van der Waals surface area contributed by atoms with E-state index in [0.29, 0.717) is 16.8 Å². The molecule has 0 saturated heterocycles. The second kappa shape index (κ2) is 3.80. The first-order chi connectivity index (χ1) is 8.65. The van der Waals surface area contributed by atoms with Gasteiger partial charge in [0.2, 0.25) is 5.89 Å². The van der Waals surface area contributed by atoms with Crippen molar-refractivity contribution in [2.45, 2.75) is 0 Å². The van der Waals surface area contributed by atoms with Gasteiger partial charge in [-0.25, -0.2) is 13.8 Å². The van der Waals surface area contributed by atoms with Crippen LogP contribution >= 0.6 is 0 Å². The summed E-state index contributed by atoms with van der Waals surface area (Å²) in [5.41, 5.74) is 7.10. The highest BCUT2D eigenvalue weighted by molar-refractivity contribution is 5.79. The van der Waals surface area contributed by atoms with Gasteiger partial charge in [-0.3, -0.25) is 0 Å². The lowest BCUT2D eigenvalue weighted by Crippen LogP contribution is -1.88. The quantitative estimate of drug-likeness (QED) is 0.670. The van der Waals surface area contributed by atoms with Crippen LogP contribution in [0.2, 0.25) is 0 Å². The normalized spacial score (nSPS) is 11.0. The number of benzene rings is 2. The smallest absolute Gasteiger partial charge is 0.230 e. The van der Waals surface area contributed by atoms with Crippen molar-refractivity contribution in [2.75, 3.05) is 5.73 Å². The zero-order valence-corrected chi connectivity index (χ0v) is 9.15. The molecule has 0 aliphatic rings. The zero-order chi connectivity index (χ0) is 12.7. The Morgan fingerprint density at radius 2 is 1.94 bits per heavy atom. The van der Waals surface area contributed by atoms with Crippen LogP contribution in [-0.4, -0.2) is 4.98 Å². The Morgan fingerprint density at radius 3 is 2.78 bits per heavy atom. The fourth-order valence-electron chi connectivity index (χ4n) is 1.73. The minimum Gasteiger partial charge on any atom is -0.436 e. The van der Waals surface area contributed by atoms with E-state index in [1.165, 1.54) is 12.1 Å². The molecule has 2 N–H and O–H groups in total. The monoisotopic (exact) mass is 246 g/mol. The van der Waals surface area contributed by atoms with Gasteiger partial charge in [-0.1, -0.05) is 6.07 Å². The molecule has 0 unspecified atom stereocenters. The molecular weight excluding hydrogens is 238 g/mol. The first-order valence-electron chi connectivity index (χ1n) is 5.25. The first-order valence-corrected chi connectivity index (χ1v) is 5.25. The van der Waals surface area contributed by atoms with Crippen molar-refractivity contribution in [2.24, 2.45) is 0 Å². The summed E-state index contributed by atoms with van der Waals surface area (Å²) < 4.78 is 32.1. The number of nitrogen functional groups attached to an aromatic ring is 1. The molecule has 18 heavy (non-hydrogen) atoms. The van der Waals surface area contributed by atoms with Gasteiger partial charge in [-0.05, 0) is 24.3 Å². The molecule has 0 aliphatic carbocycles. The largest absolute Gasteiger partial charge is 0.436 e. The lowest BCUT2D eigenvalue weighted by molar-refractivity contribution is 0.505. The second-order valence-electron chi connectivity index (χ2n) is 3.85. The van der Waals surface area contributed by atoms with Crippen molar-refractivity contribution < 1.29 is 13.2 Å². The predicted octanol–water partition coefficient (Wildman–Crippen LogP) is 3.36. The summed E-state index contributed by atoms with van der Waals surface area (Å²) in [7, 11) is 0. The average molecular weight is 246 g/mol. The maximum Gasteiger partial charge on any atom is 0.230 e. The second-order valence-corrected chi connectivity index (χ2v) is 3.85. The van der Waals surface area contributed by atoms with Gasteiger partial charge in [0.05, 0.1) is 5.56 Å². The van der Waals surface area contributed by atoms with E-state index in [1.54, 1.807) is 18.2 Å². The average Bonchev–Trinajstić information content (AvgIpc) is 2.75. The molecule has 0 fully saturated rings. The molecule has 0 spiro atoms. The third kappa shape index (κ3) is 1.60. The van der Waals surface area contributed by atoms with Crippen LogP contribution in [0.5, 0.6) is 0 Å². The van der Waals surface area contributed by atoms with Crippen molar-refractivity contribution in [3.8, 4) is 11.5 Å². The van der Waals surface area contributed by atoms with Gasteiger partial charge in [0, 0.05) is 11.8 Å². The molecule has 90 valence electrons. The van der Waals surface area contributed by atoms with E-state index in [-0.39, 0.29) is 11.5 Å². The van der Waals surface area contributed by atoms with Gasteiger partial charge in [0.15, 0.2) is 17.2 Å². The van der Waals surface area contributed by atoms with Gasteiger partial charge >= 0.3 is 0 Å². The highest BCUT2D eigenvalue weighted by atomic mass is 19.2. The van der Waals surface area contributed by atoms with E-state index in [9.17, 15) is 8.78 Å². The van der Waals surface area contributed by atoms with Gasteiger partial charge in [-0.15, -0.1) is 0 Å². The first kappa shape index (κ1) is 10.7. The van der Waals surface area contributed by atoms with E-state index < -0.39 is 11.6 Å². The summed E-state index contributed by atoms with van der Waals surface area (Å²) in [5, 5.41) is 0. The number of oxazole rings is 1. The lowest BCUT2D eigenvalue weighted by atomic mass is 10.2. The Kier molecular flexibility index (Phi) is 2.26. The maximum atomic E-state index is 13.6. The molecule has 3 nitrogen and oxygen atoms in total. The van der Waals surface area contributed by atoms with Gasteiger partial charge in [0.25, 0.3) is 0 Å². The Bertz CT molecular complexity index is 737. The molecule has 2 aromatic carbocycles. The van der Waals surface area contributed by atoms with Crippen molar-refractivity contribution >= 4 is 16.8 Å². The summed E-state index contributed by atoms with van der Waals surface area (Å²) in [6, 6.07) is 8.76. The van der Waals surface area contributed by atoms with Crippen molar-refractivity contribution in [3.63, 3.8) is 0 Å². The molecule has 3 rings (SSSR count). The van der Waals surface area contributed by atoms with Crippen molar-refractivity contribution in [3.05, 3.63) is 48.0 Å².